The van der Waals surface area contributed by atoms with Crippen molar-refractivity contribution >= 4 is 11.6 Å². The molecule has 1 aliphatic heterocycles. The first-order chi connectivity index (χ1) is 11.6. The van der Waals surface area contributed by atoms with E-state index < -0.39 is 0 Å². The lowest BCUT2D eigenvalue weighted by Crippen LogP contribution is -2.31. The van der Waals surface area contributed by atoms with Crippen molar-refractivity contribution < 1.29 is 9.13 Å². The summed E-state index contributed by atoms with van der Waals surface area (Å²) in [6.07, 6.45) is 0.892. The van der Waals surface area contributed by atoms with E-state index in [9.17, 15) is 4.39 Å². The van der Waals surface area contributed by atoms with E-state index in [-0.39, 0.29) is 11.9 Å². The minimum Gasteiger partial charge on any atom is -0.492 e. The molecule has 1 atom stereocenters. The maximum absolute atomic E-state index is 14.3. The Morgan fingerprint density at radius 3 is 2.88 bits per heavy atom. The number of benzene rings is 2. The van der Waals surface area contributed by atoms with Gasteiger partial charge in [-0.15, -0.1) is 0 Å². The number of ether oxygens (including phenoxy) is 1. The molecule has 3 rings (SSSR count). The largest absolute Gasteiger partial charge is 0.492 e. The molecule has 0 saturated carbocycles. The molecule has 128 valence electrons. The SMILES string of the molecule is CN(C)CCOc1ccc2c(c1)CCNC2c1c(F)cccc1Cl. The van der Waals surface area contributed by atoms with E-state index >= 15 is 0 Å². The molecule has 1 aliphatic rings. The van der Waals surface area contributed by atoms with Gasteiger partial charge in [0.25, 0.3) is 0 Å². The fourth-order valence-corrected chi connectivity index (χ4v) is 3.29. The van der Waals surface area contributed by atoms with Crippen molar-refractivity contribution in [1.29, 1.82) is 0 Å². The lowest BCUT2D eigenvalue weighted by Gasteiger charge is -2.28. The fraction of sp³-hybridized carbons (Fsp3) is 0.368. The maximum Gasteiger partial charge on any atom is 0.129 e. The summed E-state index contributed by atoms with van der Waals surface area (Å²) in [5, 5.41) is 3.83. The van der Waals surface area contributed by atoms with Crippen molar-refractivity contribution in [3.05, 3.63) is 63.9 Å². The topological polar surface area (TPSA) is 24.5 Å². The van der Waals surface area contributed by atoms with E-state index in [0.717, 1.165) is 30.8 Å². The number of fused-ring (bicyclic) bond motifs is 1. The van der Waals surface area contributed by atoms with Gasteiger partial charge >= 0.3 is 0 Å². The van der Waals surface area contributed by atoms with Crippen molar-refractivity contribution in [2.45, 2.75) is 12.5 Å². The smallest absolute Gasteiger partial charge is 0.129 e. The molecular weight excluding hydrogens is 327 g/mol. The van der Waals surface area contributed by atoms with Crippen LogP contribution in [0.4, 0.5) is 4.39 Å². The summed E-state index contributed by atoms with van der Waals surface area (Å²) in [7, 11) is 4.04. The molecular formula is C19H22ClFN2O. The minimum atomic E-state index is -0.279. The van der Waals surface area contributed by atoms with Crippen LogP contribution < -0.4 is 10.1 Å². The van der Waals surface area contributed by atoms with Crippen molar-refractivity contribution in [3.63, 3.8) is 0 Å². The first kappa shape index (κ1) is 17.2. The Labute approximate surface area is 147 Å². The van der Waals surface area contributed by atoms with Crippen molar-refractivity contribution in [2.24, 2.45) is 0 Å². The summed E-state index contributed by atoms with van der Waals surface area (Å²) < 4.78 is 20.1. The summed E-state index contributed by atoms with van der Waals surface area (Å²) >= 11 is 6.25. The zero-order chi connectivity index (χ0) is 17.1. The van der Waals surface area contributed by atoms with Crippen LogP contribution in [0.2, 0.25) is 5.02 Å². The summed E-state index contributed by atoms with van der Waals surface area (Å²) in [6, 6.07) is 10.6. The lowest BCUT2D eigenvalue weighted by molar-refractivity contribution is 0.261. The van der Waals surface area contributed by atoms with Gasteiger partial charge in [-0.25, -0.2) is 4.39 Å². The normalized spacial score (nSPS) is 17.0. The molecule has 24 heavy (non-hydrogen) atoms. The van der Waals surface area contributed by atoms with Gasteiger partial charge in [-0.2, -0.15) is 0 Å². The zero-order valence-corrected chi connectivity index (χ0v) is 14.7. The molecule has 0 spiro atoms. The highest BCUT2D eigenvalue weighted by Gasteiger charge is 2.26. The van der Waals surface area contributed by atoms with E-state index in [0.29, 0.717) is 17.2 Å². The minimum absolute atomic E-state index is 0.224. The Kier molecular flexibility index (Phi) is 5.39. The lowest BCUT2D eigenvalue weighted by atomic mass is 9.89. The van der Waals surface area contributed by atoms with E-state index in [4.69, 9.17) is 16.3 Å². The number of likely N-dealkylation sites (N-methyl/N-ethyl adjacent to an activating group) is 1. The molecule has 0 saturated heterocycles. The third-order valence-corrected chi connectivity index (χ3v) is 4.59. The number of rotatable bonds is 5. The molecule has 0 bridgehead atoms. The summed E-state index contributed by atoms with van der Waals surface area (Å²) in [6.45, 7) is 2.29. The van der Waals surface area contributed by atoms with Gasteiger partial charge in [0.2, 0.25) is 0 Å². The molecule has 2 aromatic rings. The summed E-state index contributed by atoms with van der Waals surface area (Å²) in [4.78, 5) is 2.08. The average molecular weight is 349 g/mol. The second kappa shape index (κ2) is 7.51. The third-order valence-electron chi connectivity index (χ3n) is 4.26. The van der Waals surface area contributed by atoms with Gasteiger partial charge in [-0.3, -0.25) is 0 Å². The Morgan fingerprint density at radius 2 is 2.12 bits per heavy atom. The summed E-state index contributed by atoms with van der Waals surface area (Å²) in [5.74, 6) is 0.579. The van der Waals surface area contributed by atoms with Gasteiger partial charge < -0.3 is 15.0 Å². The molecule has 5 heteroatoms. The molecule has 0 radical (unpaired) electrons. The van der Waals surface area contributed by atoms with Crippen molar-refractivity contribution in [3.8, 4) is 5.75 Å². The predicted octanol–water partition coefficient (Wildman–Crippen LogP) is 3.65. The quantitative estimate of drug-likeness (QED) is 0.892. The van der Waals surface area contributed by atoms with E-state index in [1.54, 1.807) is 12.1 Å². The molecule has 0 fully saturated rings. The van der Waals surface area contributed by atoms with Crippen LogP contribution in [0.25, 0.3) is 0 Å². The number of nitrogens with one attached hydrogen (secondary N) is 1. The Bertz CT molecular complexity index is 700. The molecule has 3 nitrogen and oxygen atoms in total. The maximum atomic E-state index is 14.3. The monoisotopic (exact) mass is 348 g/mol. The molecule has 0 aromatic heterocycles. The summed E-state index contributed by atoms with van der Waals surface area (Å²) in [5.41, 5.74) is 2.76. The van der Waals surface area contributed by atoms with Crippen molar-refractivity contribution in [1.82, 2.24) is 10.2 Å². The van der Waals surface area contributed by atoms with Crippen LogP contribution in [-0.4, -0.2) is 38.7 Å². The molecule has 0 amide bonds. The van der Waals surface area contributed by atoms with Gasteiger partial charge in [0.05, 0.1) is 6.04 Å². The first-order valence-corrected chi connectivity index (χ1v) is 8.51. The van der Waals surface area contributed by atoms with Crippen LogP contribution in [0.1, 0.15) is 22.7 Å². The molecule has 1 unspecified atom stereocenters. The van der Waals surface area contributed by atoms with Gasteiger partial charge in [-0.1, -0.05) is 23.7 Å². The number of nitrogens with zero attached hydrogens (tertiary/aromatic N) is 1. The number of halogens is 2. The predicted molar refractivity (Wildman–Crippen MR) is 95.5 cm³/mol. The Balaban J connectivity index is 1.86. The van der Waals surface area contributed by atoms with E-state index in [2.05, 4.69) is 16.3 Å². The number of hydrogen-bond donors (Lipinski definition) is 1. The van der Waals surface area contributed by atoms with Gasteiger partial charge in [0, 0.05) is 23.7 Å². The second-order valence-electron chi connectivity index (χ2n) is 6.28. The molecule has 2 aromatic carbocycles. The second-order valence-corrected chi connectivity index (χ2v) is 6.69. The molecule has 1 heterocycles. The van der Waals surface area contributed by atoms with Crippen LogP contribution in [0.3, 0.4) is 0 Å². The van der Waals surface area contributed by atoms with E-state index in [1.807, 2.05) is 26.2 Å². The average Bonchev–Trinajstić information content (AvgIpc) is 2.54. The van der Waals surface area contributed by atoms with Crippen LogP contribution in [0, 0.1) is 5.82 Å². The van der Waals surface area contributed by atoms with Gasteiger partial charge in [0.1, 0.15) is 18.2 Å². The van der Waals surface area contributed by atoms with E-state index in [1.165, 1.54) is 11.6 Å². The standard InChI is InChI=1S/C19H22ClFN2O/c1-23(2)10-11-24-14-6-7-15-13(12-14)8-9-22-19(15)18-16(20)4-3-5-17(18)21/h3-7,12,19,22H,8-11H2,1-2H3. The molecule has 1 N–H and O–H groups in total. The van der Waals surface area contributed by atoms with Crippen LogP contribution in [-0.2, 0) is 6.42 Å². The van der Waals surface area contributed by atoms with Crippen LogP contribution in [0.5, 0.6) is 5.75 Å². The fourth-order valence-electron chi connectivity index (χ4n) is 3.02. The van der Waals surface area contributed by atoms with Crippen LogP contribution in [0.15, 0.2) is 36.4 Å². The Morgan fingerprint density at radius 1 is 1.29 bits per heavy atom. The first-order valence-electron chi connectivity index (χ1n) is 8.14. The zero-order valence-electron chi connectivity index (χ0n) is 14.0. The van der Waals surface area contributed by atoms with Gasteiger partial charge in [0.15, 0.2) is 0 Å². The Hall–Kier alpha value is -1.62. The highest BCUT2D eigenvalue weighted by Crippen LogP contribution is 2.35. The number of hydrogen-bond acceptors (Lipinski definition) is 3. The van der Waals surface area contributed by atoms with Gasteiger partial charge in [-0.05, 0) is 55.9 Å². The highest BCUT2D eigenvalue weighted by molar-refractivity contribution is 6.31. The third kappa shape index (κ3) is 3.72. The highest BCUT2D eigenvalue weighted by atomic mass is 35.5. The van der Waals surface area contributed by atoms with Crippen LogP contribution >= 0.6 is 11.6 Å². The van der Waals surface area contributed by atoms with Crippen molar-refractivity contribution in [2.75, 3.05) is 33.8 Å². The molecule has 0 aliphatic carbocycles.